The molecule has 0 aliphatic carbocycles. The second-order valence-corrected chi connectivity index (χ2v) is 2.52. The summed E-state index contributed by atoms with van der Waals surface area (Å²) >= 11 is 0. The Bertz CT molecular complexity index is 212. The minimum atomic E-state index is -0.799. The van der Waals surface area contributed by atoms with Gasteiger partial charge >= 0.3 is 5.97 Å². The Kier molecular flexibility index (Phi) is 5.09. The summed E-state index contributed by atoms with van der Waals surface area (Å²) in [5.41, 5.74) is 1.45. The largest absolute Gasteiger partial charge is 0.478 e. The van der Waals surface area contributed by atoms with E-state index in [-0.39, 0.29) is 0 Å². The van der Waals surface area contributed by atoms with Gasteiger partial charge in [-0.3, -0.25) is 0 Å². The zero-order chi connectivity index (χ0) is 9.56. The summed E-state index contributed by atoms with van der Waals surface area (Å²) in [5.74, 6) is -0.799. The normalized spacial score (nSPS) is 13.2. The topological polar surface area (TPSA) is 37.3 Å². The van der Waals surface area contributed by atoms with E-state index in [0.717, 1.165) is 12.0 Å². The Morgan fingerprint density at radius 2 is 1.92 bits per heavy atom. The summed E-state index contributed by atoms with van der Waals surface area (Å²) in [6, 6.07) is 0. The molecule has 0 aromatic carbocycles. The molecular formula is C10H16O2. The lowest BCUT2D eigenvalue weighted by Gasteiger charge is -2.03. The smallest absolute Gasteiger partial charge is 0.331 e. The Hall–Kier alpha value is -1.05. The van der Waals surface area contributed by atoms with Crippen molar-refractivity contribution >= 4 is 5.97 Å². The van der Waals surface area contributed by atoms with Crippen LogP contribution in [0.4, 0.5) is 0 Å². The van der Waals surface area contributed by atoms with E-state index in [1.54, 1.807) is 0 Å². The molecule has 0 heterocycles. The Morgan fingerprint density at radius 1 is 1.33 bits per heavy atom. The second kappa shape index (κ2) is 5.58. The minimum Gasteiger partial charge on any atom is -0.478 e. The molecule has 0 rings (SSSR count). The lowest BCUT2D eigenvalue weighted by molar-refractivity contribution is -0.132. The van der Waals surface area contributed by atoms with Crippen molar-refractivity contribution in [2.24, 2.45) is 0 Å². The first-order valence-electron chi connectivity index (χ1n) is 4.25. The summed E-state index contributed by atoms with van der Waals surface area (Å²) in [4.78, 5) is 10.7. The van der Waals surface area contributed by atoms with Gasteiger partial charge in [0.15, 0.2) is 0 Å². The fourth-order valence-electron chi connectivity index (χ4n) is 1.15. The van der Waals surface area contributed by atoms with E-state index in [0.29, 0.717) is 12.0 Å². The second-order valence-electron chi connectivity index (χ2n) is 2.52. The number of hydrogen-bond acceptors (Lipinski definition) is 1. The van der Waals surface area contributed by atoms with E-state index in [4.69, 9.17) is 5.11 Å². The standard InChI is InChI=1S/C10H16O2/c1-4-7-8(5-2)9(6-3)10(11)12/h4,7H,5-6H2,1-3H3,(H,11,12)/b7-4+,9-8+. The van der Waals surface area contributed by atoms with Crippen LogP contribution in [0.1, 0.15) is 33.6 Å². The van der Waals surface area contributed by atoms with E-state index in [1.165, 1.54) is 0 Å². The van der Waals surface area contributed by atoms with E-state index in [9.17, 15) is 4.79 Å². The zero-order valence-electron chi connectivity index (χ0n) is 7.92. The third-order valence-corrected chi connectivity index (χ3v) is 1.75. The van der Waals surface area contributed by atoms with Crippen LogP contribution in [0.25, 0.3) is 0 Å². The molecule has 68 valence electrons. The van der Waals surface area contributed by atoms with Gasteiger partial charge in [0.1, 0.15) is 0 Å². The molecule has 2 heteroatoms. The molecule has 2 nitrogen and oxygen atoms in total. The summed E-state index contributed by atoms with van der Waals surface area (Å²) < 4.78 is 0. The maximum atomic E-state index is 10.7. The van der Waals surface area contributed by atoms with Crippen molar-refractivity contribution in [2.45, 2.75) is 33.6 Å². The van der Waals surface area contributed by atoms with Gasteiger partial charge in [0.05, 0.1) is 0 Å². The quantitative estimate of drug-likeness (QED) is 0.517. The van der Waals surface area contributed by atoms with Crippen molar-refractivity contribution in [3.63, 3.8) is 0 Å². The van der Waals surface area contributed by atoms with Gasteiger partial charge in [-0.15, -0.1) is 0 Å². The highest BCUT2D eigenvalue weighted by Gasteiger charge is 2.07. The fraction of sp³-hybridized carbons (Fsp3) is 0.500. The summed E-state index contributed by atoms with van der Waals surface area (Å²) in [7, 11) is 0. The Morgan fingerprint density at radius 3 is 2.17 bits per heavy atom. The van der Waals surface area contributed by atoms with Crippen molar-refractivity contribution in [1.82, 2.24) is 0 Å². The van der Waals surface area contributed by atoms with E-state index < -0.39 is 5.97 Å². The Balaban J connectivity index is 4.86. The number of allylic oxidation sites excluding steroid dienone is 3. The summed E-state index contributed by atoms with van der Waals surface area (Å²) in [5, 5.41) is 8.81. The van der Waals surface area contributed by atoms with Crippen molar-refractivity contribution in [1.29, 1.82) is 0 Å². The molecule has 0 spiro atoms. The first kappa shape index (κ1) is 11.0. The molecule has 0 amide bonds. The maximum absolute atomic E-state index is 10.7. The van der Waals surface area contributed by atoms with Gasteiger partial charge in [0, 0.05) is 5.57 Å². The number of aliphatic carboxylic acids is 1. The van der Waals surface area contributed by atoms with Gasteiger partial charge in [-0.25, -0.2) is 4.79 Å². The first-order valence-corrected chi connectivity index (χ1v) is 4.25. The van der Waals surface area contributed by atoms with E-state index >= 15 is 0 Å². The molecule has 12 heavy (non-hydrogen) atoms. The van der Waals surface area contributed by atoms with Crippen molar-refractivity contribution in [3.8, 4) is 0 Å². The van der Waals surface area contributed by atoms with Crippen LogP contribution in [0.2, 0.25) is 0 Å². The average molecular weight is 168 g/mol. The lowest BCUT2D eigenvalue weighted by atomic mass is 10.0. The van der Waals surface area contributed by atoms with Crippen LogP contribution in [0.3, 0.4) is 0 Å². The molecule has 0 aliphatic heterocycles. The Labute approximate surface area is 73.6 Å². The van der Waals surface area contributed by atoms with Crippen LogP contribution in [0.15, 0.2) is 23.3 Å². The highest BCUT2D eigenvalue weighted by molar-refractivity contribution is 5.88. The van der Waals surface area contributed by atoms with Crippen LogP contribution >= 0.6 is 0 Å². The predicted molar refractivity (Wildman–Crippen MR) is 50.1 cm³/mol. The molecule has 0 atom stereocenters. The van der Waals surface area contributed by atoms with Crippen LogP contribution < -0.4 is 0 Å². The molecule has 0 aliphatic rings. The molecule has 0 unspecified atom stereocenters. The number of carbonyl (C=O) groups is 1. The molecule has 0 fully saturated rings. The number of rotatable bonds is 4. The molecule has 0 bridgehead atoms. The van der Waals surface area contributed by atoms with Gasteiger partial charge in [-0.05, 0) is 25.3 Å². The molecule has 1 N–H and O–H groups in total. The minimum absolute atomic E-state index is 0.524. The zero-order valence-corrected chi connectivity index (χ0v) is 7.92. The number of carboxylic acids is 1. The third-order valence-electron chi connectivity index (χ3n) is 1.75. The van der Waals surface area contributed by atoms with Crippen LogP contribution in [0.5, 0.6) is 0 Å². The van der Waals surface area contributed by atoms with Gasteiger partial charge in [0.2, 0.25) is 0 Å². The van der Waals surface area contributed by atoms with Crippen molar-refractivity contribution < 1.29 is 9.90 Å². The van der Waals surface area contributed by atoms with Crippen LogP contribution in [-0.2, 0) is 4.79 Å². The monoisotopic (exact) mass is 168 g/mol. The van der Waals surface area contributed by atoms with Gasteiger partial charge in [0.25, 0.3) is 0 Å². The molecule has 0 radical (unpaired) electrons. The molecule has 0 aromatic rings. The highest BCUT2D eigenvalue weighted by Crippen LogP contribution is 2.13. The summed E-state index contributed by atoms with van der Waals surface area (Å²) in [6.45, 7) is 5.72. The van der Waals surface area contributed by atoms with Crippen molar-refractivity contribution in [2.75, 3.05) is 0 Å². The molecular weight excluding hydrogens is 152 g/mol. The average Bonchev–Trinajstić information content (AvgIpc) is 2.03. The van der Waals surface area contributed by atoms with Gasteiger partial charge in [-0.1, -0.05) is 26.0 Å². The number of hydrogen-bond donors (Lipinski definition) is 1. The van der Waals surface area contributed by atoms with Crippen molar-refractivity contribution in [3.05, 3.63) is 23.3 Å². The summed E-state index contributed by atoms with van der Waals surface area (Å²) in [6.07, 6.45) is 5.10. The fourth-order valence-corrected chi connectivity index (χ4v) is 1.15. The van der Waals surface area contributed by atoms with Gasteiger partial charge < -0.3 is 5.11 Å². The van der Waals surface area contributed by atoms with Crippen LogP contribution in [0, 0.1) is 0 Å². The molecule has 0 saturated heterocycles. The predicted octanol–water partition coefficient (Wildman–Crippen LogP) is 2.76. The van der Waals surface area contributed by atoms with Gasteiger partial charge in [-0.2, -0.15) is 0 Å². The first-order chi connectivity index (χ1) is 5.67. The highest BCUT2D eigenvalue weighted by atomic mass is 16.4. The SMILES string of the molecule is C/C=C/C(CC)=C(\CC)C(=O)O. The molecule has 0 aromatic heterocycles. The van der Waals surface area contributed by atoms with Crippen LogP contribution in [-0.4, -0.2) is 11.1 Å². The van der Waals surface area contributed by atoms with E-state index in [2.05, 4.69) is 0 Å². The van der Waals surface area contributed by atoms with E-state index in [1.807, 2.05) is 32.9 Å². The molecule has 0 saturated carbocycles. The third kappa shape index (κ3) is 2.91. The maximum Gasteiger partial charge on any atom is 0.331 e. The number of carboxylic acid groups (broad SMARTS) is 1. The lowest BCUT2D eigenvalue weighted by Crippen LogP contribution is -2.02.